The van der Waals surface area contributed by atoms with E-state index in [9.17, 15) is 8.94 Å². The Bertz CT molecular complexity index is 320. The summed E-state index contributed by atoms with van der Waals surface area (Å²) in [4.78, 5) is 3.94. The first-order valence-corrected chi connectivity index (χ1v) is 6.54. The molecule has 0 amide bonds. The molecular weight excluding hydrogens is 227 g/mol. The molecule has 3 nitrogen and oxygen atoms in total. The number of rotatable bonds is 5. The Morgan fingerprint density at radius 1 is 1.50 bits per heavy atom. The van der Waals surface area contributed by atoms with Crippen LogP contribution in [0.2, 0.25) is 0 Å². The molecule has 1 aromatic rings. The lowest BCUT2D eigenvalue weighted by Gasteiger charge is -2.20. The maximum absolute atomic E-state index is 12.7. The van der Waals surface area contributed by atoms with Crippen molar-refractivity contribution in [3.05, 3.63) is 29.8 Å². The van der Waals surface area contributed by atoms with E-state index in [4.69, 9.17) is 0 Å². The van der Waals surface area contributed by atoms with Gasteiger partial charge in [-0.25, -0.2) is 4.39 Å². The van der Waals surface area contributed by atoms with Crippen molar-refractivity contribution >= 4 is 11.4 Å². The first kappa shape index (κ1) is 13.4. The molecule has 0 radical (unpaired) electrons. The van der Waals surface area contributed by atoms with Gasteiger partial charge in [-0.3, -0.25) is 4.98 Å². The Hall–Kier alpha value is -0.650. The molecule has 0 fully saturated rings. The van der Waals surface area contributed by atoms with Gasteiger partial charge in [0.05, 0.1) is 17.9 Å². The van der Waals surface area contributed by atoms with Crippen LogP contribution >= 0.6 is 0 Å². The maximum Gasteiger partial charge on any atom is 0.141 e. The van der Waals surface area contributed by atoms with E-state index in [-0.39, 0.29) is 17.1 Å². The average molecular weight is 244 g/mol. The predicted molar refractivity (Wildman–Crippen MR) is 63.6 cm³/mol. The van der Waals surface area contributed by atoms with Crippen LogP contribution in [0.1, 0.15) is 38.9 Å². The summed E-state index contributed by atoms with van der Waals surface area (Å²) in [6.07, 6.45) is 2.02. The van der Waals surface area contributed by atoms with E-state index in [0.29, 0.717) is 5.69 Å². The Morgan fingerprint density at radius 3 is 2.69 bits per heavy atom. The van der Waals surface area contributed by atoms with Crippen LogP contribution in [0.25, 0.3) is 0 Å². The van der Waals surface area contributed by atoms with Gasteiger partial charge in [-0.1, -0.05) is 6.92 Å². The molecule has 3 unspecified atom stereocenters. The Labute approximate surface area is 98.8 Å². The largest absolute Gasteiger partial charge is 0.598 e. The van der Waals surface area contributed by atoms with Crippen LogP contribution in [-0.4, -0.2) is 14.8 Å². The topological polar surface area (TPSA) is 48.0 Å². The highest BCUT2D eigenvalue weighted by Crippen LogP contribution is 2.13. The fraction of sp³-hybridized carbons (Fsp3) is 0.545. The zero-order valence-electron chi connectivity index (χ0n) is 9.74. The highest BCUT2D eigenvalue weighted by molar-refractivity contribution is 7.90. The molecule has 0 aliphatic heterocycles. The first-order valence-electron chi connectivity index (χ1n) is 5.32. The molecule has 0 aliphatic carbocycles. The number of hydrogen-bond donors (Lipinski definition) is 1. The SMILES string of the molecule is CCC(C)[S+]([O-])NC(C)c1ccc(F)cn1. The van der Waals surface area contributed by atoms with Crippen molar-refractivity contribution in [1.29, 1.82) is 0 Å². The van der Waals surface area contributed by atoms with Crippen molar-refractivity contribution in [3.63, 3.8) is 0 Å². The molecule has 1 aromatic heterocycles. The molecule has 0 spiro atoms. The minimum absolute atomic E-state index is 0.0999. The van der Waals surface area contributed by atoms with Crippen LogP contribution < -0.4 is 4.72 Å². The van der Waals surface area contributed by atoms with Crippen molar-refractivity contribution in [2.75, 3.05) is 0 Å². The minimum atomic E-state index is -1.08. The fourth-order valence-electron chi connectivity index (χ4n) is 1.15. The molecule has 90 valence electrons. The van der Waals surface area contributed by atoms with Crippen molar-refractivity contribution in [3.8, 4) is 0 Å². The summed E-state index contributed by atoms with van der Waals surface area (Å²) in [7, 11) is 0. The molecule has 0 aromatic carbocycles. The smallest absolute Gasteiger partial charge is 0.141 e. The van der Waals surface area contributed by atoms with Crippen LogP contribution in [0, 0.1) is 5.82 Å². The number of halogens is 1. The van der Waals surface area contributed by atoms with Gasteiger partial charge in [0.25, 0.3) is 0 Å². The molecule has 1 N–H and O–H groups in total. The second-order valence-corrected chi connectivity index (χ2v) is 5.39. The third-order valence-corrected chi connectivity index (χ3v) is 4.08. The molecule has 16 heavy (non-hydrogen) atoms. The van der Waals surface area contributed by atoms with Gasteiger partial charge in [-0.2, -0.15) is 0 Å². The lowest BCUT2D eigenvalue weighted by atomic mass is 10.2. The molecule has 3 atom stereocenters. The van der Waals surface area contributed by atoms with Crippen molar-refractivity contribution in [1.82, 2.24) is 9.71 Å². The van der Waals surface area contributed by atoms with Gasteiger partial charge in [0, 0.05) is 11.4 Å². The zero-order valence-corrected chi connectivity index (χ0v) is 10.6. The monoisotopic (exact) mass is 244 g/mol. The molecule has 5 heteroatoms. The van der Waals surface area contributed by atoms with Crippen LogP contribution in [0.4, 0.5) is 4.39 Å². The van der Waals surface area contributed by atoms with Crippen LogP contribution in [0.3, 0.4) is 0 Å². The van der Waals surface area contributed by atoms with Gasteiger partial charge in [-0.15, -0.1) is 4.72 Å². The van der Waals surface area contributed by atoms with Gasteiger partial charge in [0.1, 0.15) is 11.1 Å². The lowest BCUT2D eigenvalue weighted by Crippen LogP contribution is -2.34. The Balaban J connectivity index is 2.58. The van der Waals surface area contributed by atoms with Crippen LogP contribution in [0.5, 0.6) is 0 Å². The van der Waals surface area contributed by atoms with E-state index in [2.05, 4.69) is 9.71 Å². The van der Waals surface area contributed by atoms with E-state index in [1.54, 1.807) is 6.07 Å². The van der Waals surface area contributed by atoms with Gasteiger partial charge in [0.2, 0.25) is 0 Å². The summed E-state index contributed by atoms with van der Waals surface area (Å²) in [5, 5.41) is 0.0999. The summed E-state index contributed by atoms with van der Waals surface area (Å²) < 4.78 is 27.3. The van der Waals surface area contributed by atoms with Gasteiger partial charge >= 0.3 is 0 Å². The molecule has 0 saturated heterocycles. The number of nitrogens with zero attached hydrogens (tertiary/aromatic N) is 1. The summed E-state index contributed by atoms with van der Waals surface area (Å²) in [6, 6.07) is 2.81. The van der Waals surface area contributed by atoms with Crippen LogP contribution in [-0.2, 0) is 11.4 Å². The van der Waals surface area contributed by atoms with E-state index in [0.717, 1.165) is 6.42 Å². The highest BCUT2D eigenvalue weighted by atomic mass is 32.2. The standard InChI is InChI=1S/C11H17FN2OS/c1-4-8(2)16(15)14-9(3)11-6-5-10(12)7-13-11/h5-9,14H,4H2,1-3H3. The fourth-order valence-corrected chi connectivity index (χ4v) is 2.15. The number of hydrogen-bond acceptors (Lipinski definition) is 3. The van der Waals surface area contributed by atoms with Gasteiger partial charge in [-0.05, 0) is 32.4 Å². The highest BCUT2D eigenvalue weighted by Gasteiger charge is 2.19. The second-order valence-electron chi connectivity index (χ2n) is 3.76. The first-order chi connectivity index (χ1) is 7.54. The van der Waals surface area contributed by atoms with E-state index < -0.39 is 11.4 Å². The van der Waals surface area contributed by atoms with Crippen LogP contribution in [0.15, 0.2) is 18.3 Å². The summed E-state index contributed by atoms with van der Waals surface area (Å²) in [5.41, 5.74) is 0.693. The van der Waals surface area contributed by atoms with E-state index in [1.807, 2.05) is 20.8 Å². The molecular formula is C11H17FN2OS. The normalized spacial score (nSPS) is 16.8. The third kappa shape index (κ3) is 3.73. The number of pyridine rings is 1. The lowest BCUT2D eigenvalue weighted by molar-refractivity contribution is 0.547. The average Bonchev–Trinajstić information content (AvgIpc) is 2.28. The molecule has 1 rings (SSSR count). The molecule has 0 saturated carbocycles. The molecule has 0 aliphatic rings. The third-order valence-electron chi connectivity index (χ3n) is 2.43. The summed E-state index contributed by atoms with van der Waals surface area (Å²) in [5.74, 6) is -0.362. The van der Waals surface area contributed by atoms with Crippen molar-refractivity contribution < 1.29 is 8.94 Å². The number of nitrogens with one attached hydrogen (secondary N) is 1. The van der Waals surface area contributed by atoms with Crippen molar-refractivity contribution in [2.45, 2.75) is 38.5 Å². The number of aromatic nitrogens is 1. The quantitative estimate of drug-likeness (QED) is 0.809. The van der Waals surface area contributed by atoms with Gasteiger partial charge in [0.15, 0.2) is 0 Å². The Kier molecular flexibility index (Phi) is 5.18. The molecule has 1 heterocycles. The predicted octanol–water partition coefficient (Wildman–Crippen LogP) is 2.33. The maximum atomic E-state index is 12.7. The van der Waals surface area contributed by atoms with E-state index >= 15 is 0 Å². The summed E-state index contributed by atoms with van der Waals surface area (Å²) >= 11 is -1.08. The minimum Gasteiger partial charge on any atom is -0.598 e. The van der Waals surface area contributed by atoms with Crippen molar-refractivity contribution in [2.24, 2.45) is 0 Å². The molecule has 0 bridgehead atoms. The Morgan fingerprint density at radius 2 is 2.19 bits per heavy atom. The zero-order chi connectivity index (χ0) is 12.1. The van der Waals surface area contributed by atoms with E-state index in [1.165, 1.54) is 12.3 Å². The summed E-state index contributed by atoms with van der Waals surface area (Å²) in [6.45, 7) is 5.78. The second kappa shape index (κ2) is 6.18. The van der Waals surface area contributed by atoms with Gasteiger partial charge < -0.3 is 4.55 Å².